The van der Waals surface area contributed by atoms with Crippen molar-refractivity contribution in [1.82, 2.24) is 0 Å². The third-order valence-corrected chi connectivity index (χ3v) is 17.3. The molecular formula is C65H126O17P2. The number of hydrogen-bond donors (Lipinski definition) is 3. The van der Waals surface area contributed by atoms with E-state index in [4.69, 9.17) is 37.0 Å². The van der Waals surface area contributed by atoms with Gasteiger partial charge in [-0.15, -0.1) is 0 Å². The molecule has 0 aromatic carbocycles. The van der Waals surface area contributed by atoms with E-state index in [1.165, 1.54) is 128 Å². The number of carbonyl (C=O) groups is 4. The highest BCUT2D eigenvalue weighted by Gasteiger charge is 2.30. The molecule has 0 aliphatic carbocycles. The van der Waals surface area contributed by atoms with Gasteiger partial charge in [-0.3, -0.25) is 37.3 Å². The van der Waals surface area contributed by atoms with Crippen LogP contribution in [0.3, 0.4) is 0 Å². The van der Waals surface area contributed by atoms with Crippen LogP contribution in [0.2, 0.25) is 0 Å². The van der Waals surface area contributed by atoms with E-state index >= 15 is 0 Å². The Balaban J connectivity index is 5.13. The number of esters is 4. The van der Waals surface area contributed by atoms with E-state index in [1.54, 1.807) is 0 Å². The molecule has 19 heteroatoms. The third-order valence-electron chi connectivity index (χ3n) is 15.4. The Morgan fingerprint density at radius 1 is 0.333 bits per heavy atom. The molecule has 3 N–H and O–H groups in total. The summed E-state index contributed by atoms with van der Waals surface area (Å²) in [6.07, 6.45) is 43.4. The molecule has 0 aromatic heterocycles. The number of aliphatic hydroxyl groups excluding tert-OH is 1. The lowest BCUT2D eigenvalue weighted by Crippen LogP contribution is -2.30. The molecule has 498 valence electrons. The lowest BCUT2D eigenvalue weighted by atomic mass is 10.00. The molecule has 0 spiro atoms. The topological polar surface area (TPSA) is 237 Å². The van der Waals surface area contributed by atoms with Crippen molar-refractivity contribution >= 4 is 39.5 Å². The molecular weight excluding hydrogens is 1110 g/mol. The van der Waals surface area contributed by atoms with Gasteiger partial charge in [0.25, 0.3) is 0 Å². The van der Waals surface area contributed by atoms with E-state index in [0.717, 1.165) is 121 Å². The predicted octanol–water partition coefficient (Wildman–Crippen LogP) is 18.2. The summed E-state index contributed by atoms with van der Waals surface area (Å²) in [5, 5.41) is 10.5. The fourth-order valence-electron chi connectivity index (χ4n) is 9.73. The van der Waals surface area contributed by atoms with Gasteiger partial charge in [0.1, 0.15) is 19.3 Å². The summed E-state index contributed by atoms with van der Waals surface area (Å²) in [5.41, 5.74) is 0. The summed E-state index contributed by atoms with van der Waals surface area (Å²) in [7, 11) is -9.88. The quantitative estimate of drug-likeness (QED) is 0.0222. The van der Waals surface area contributed by atoms with Crippen LogP contribution in [0.1, 0.15) is 330 Å². The maximum absolute atomic E-state index is 13.0. The molecule has 0 bridgehead atoms. The zero-order valence-electron chi connectivity index (χ0n) is 54.0. The van der Waals surface area contributed by atoms with Crippen molar-refractivity contribution in [3.8, 4) is 0 Å². The van der Waals surface area contributed by atoms with E-state index < -0.39 is 97.5 Å². The maximum atomic E-state index is 13.0. The van der Waals surface area contributed by atoms with Crippen molar-refractivity contribution in [2.75, 3.05) is 39.6 Å². The predicted molar refractivity (Wildman–Crippen MR) is 335 cm³/mol. The SMILES string of the molecule is CCCCCCCCCCCCCCCCCCCCCC(=O)O[C@H](COC(=O)CCCCCCCCC(C)CC)COP(=O)(O)OC[C@@H](O)COP(=O)(O)OC[C@@H](COC(=O)CCCCCCCCC)OC(=O)CCCCCCCCCC. The number of phosphoric acid groups is 2. The monoisotopic (exact) mass is 1240 g/mol. The molecule has 17 nitrogen and oxygen atoms in total. The lowest BCUT2D eigenvalue weighted by Gasteiger charge is -2.21. The van der Waals surface area contributed by atoms with E-state index in [-0.39, 0.29) is 25.7 Å². The Morgan fingerprint density at radius 3 is 0.845 bits per heavy atom. The first-order chi connectivity index (χ1) is 40.6. The van der Waals surface area contributed by atoms with Gasteiger partial charge in [0.05, 0.1) is 26.4 Å². The second-order valence-electron chi connectivity index (χ2n) is 23.7. The number of hydrogen-bond acceptors (Lipinski definition) is 15. The fourth-order valence-corrected chi connectivity index (χ4v) is 11.3. The van der Waals surface area contributed by atoms with Crippen molar-refractivity contribution in [3.63, 3.8) is 0 Å². The van der Waals surface area contributed by atoms with Crippen LogP contribution in [0, 0.1) is 5.92 Å². The van der Waals surface area contributed by atoms with Gasteiger partial charge in [0.2, 0.25) is 0 Å². The van der Waals surface area contributed by atoms with E-state index in [2.05, 4.69) is 34.6 Å². The zero-order chi connectivity index (χ0) is 62.0. The second kappa shape index (κ2) is 58.7. The van der Waals surface area contributed by atoms with Crippen LogP contribution in [-0.4, -0.2) is 96.7 Å². The van der Waals surface area contributed by atoms with Gasteiger partial charge >= 0.3 is 39.5 Å². The Kier molecular flexibility index (Phi) is 57.4. The van der Waals surface area contributed by atoms with Crippen LogP contribution in [0.15, 0.2) is 0 Å². The van der Waals surface area contributed by atoms with Gasteiger partial charge in [-0.1, -0.05) is 279 Å². The van der Waals surface area contributed by atoms with Crippen LogP contribution in [0.5, 0.6) is 0 Å². The van der Waals surface area contributed by atoms with Gasteiger partial charge in [-0.25, -0.2) is 9.13 Å². The average Bonchev–Trinajstić information content (AvgIpc) is 3.47. The lowest BCUT2D eigenvalue weighted by molar-refractivity contribution is -0.161. The number of aliphatic hydroxyl groups is 1. The van der Waals surface area contributed by atoms with Crippen molar-refractivity contribution in [2.24, 2.45) is 5.92 Å². The van der Waals surface area contributed by atoms with Crippen molar-refractivity contribution < 1.29 is 80.2 Å². The molecule has 0 radical (unpaired) electrons. The molecule has 0 aliphatic rings. The minimum atomic E-state index is -4.94. The highest BCUT2D eigenvalue weighted by molar-refractivity contribution is 7.47. The van der Waals surface area contributed by atoms with Crippen LogP contribution < -0.4 is 0 Å². The van der Waals surface area contributed by atoms with E-state index in [1.807, 2.05) is 0 Å². The summed E-state index contributed by atoms with van der Waals surface area (Å²) in [6, 6.07) is 0. The standard InChI is InChI=1S/C65H126O17P2/c1-6-10-13-16-19-21-22-23-24-25-26-27-28-29-30-31-34-41-46-51-65(70)82-61(55-76-63(68)49-44-39-36-35-37-42-47-58(5)9-4)57-80-84(73,74)78-53-59(66)52-77-83(71,72)79-56-60(54-75-62(67)48-43-38-32-18-15-12-8-3)81-64(69)50-45-40-33-20-17-14-11-7-2/h58-61,66H,6-57H2,1-5H3,(H,71,72)(H,73,74)/t58?,59-,60+,61+/m0/s1. The molecule has 0 heterocycles. The summed E-state index contributed by atoms with van der Waals surface area (Å²) in [5.74, 6) is -1.41. The van der Waals surface area contributed by atoms with Crippen LogP contribution >= 0.6 is 15.6 Å². The number of ether oxygens (including phenoxy) is 4. The summed E-state index contributed by atoms with van der Waals surface area (Å²) in [6.45, 7) is 7.09. The van der Waals surface area contributed by atoms with Crippen molar-refractivity contribution in [1.29, 1.82) is 0 Å². The molecule has 0 aromatic rings. The Morgan fingerprint density at radius 2 is 0.571 bits per heavy atom. The largest absolute Gasteiger partial charge is 0.472 e. The summed E-state index contributed by atoms with van der Waals surface area (Å²) < 4.78 is 67.9. The smallest absolute Gasteiger partial charge is 0.462 e. The van der Waals surface area contributed by atoms with E-state index in [0.29, 0.717) is 25.7 Å². The molecule has 0 saturated heterocycles. The third kappa shape index (κ3) is 57.8. The Labute approximate surface area is 511 Å². The molecule has 0 aliphatic heterocycles. The first kappa shape index (κ1) is 82.1. The molecule has 84 heavy (non-hydrogen) atoms. The summed E-state index contributed by atoms with van der Waals surface area (Å²) >= 11 is 0. The van der Waals surface area contributed by atoms with Crippen LogP contribution in [0.4, 0.5) is 0 Å². The Hall–Kier alpha value is -1.94. The van der Waals surface area contributed by atoms with Gasteiger partial charge in [0, 0.05) is 25.7 Å². The van der Waals surface area contributed by atoms with Gasteiger partial charge in [0.15, 0.2) is 12.2 Å². The second-order valence-corrected chi connectivity index (χ2v) is 26.7. The zero-order valence-corrected chi connectivity index (χ0v) is 55.8. The van der Waals surface area contributed by atoms with Gasteiger partial charge < -0.3 is 33.8 Å². The van der Waals surface area contributed by atoms with Crippen LogP contribution in [-0.2, 0) is 65.4 Å². The maximum Gasteiger partial charge on any atom is 0.472 e. The van der Waals surface area contributed by atoms with E-state index in [9.17, 15) is 43.2 Å². The normalized spacial score (nSPS) is 14.5. The highest BCUT2D eigenvalue weighted by Crippen LogP contribution is 2.45. The van der Waals surface area contributed by atoms with Crippen molar-refractivity contribution in [3.05, 3.63) is 0 Å². The molecule has 0 saturated carbocycles. The molecule has 6 atom stereocenters. The number of carbonyl (C=O) groups excluding carboxylic acids is 4. The highest BCUT2D eigenvalue weighted by atomic mass is 31.2. The molecule has 0 rings (SSSR count). The minimum absolute atomic E-state index is 0.104. The number of unbranched alkanes of at least 4 members (excludes halogenated alkanes) is 36. The molecule has 3 unspecified atom stereocenters. The molecule has 0 amide bonds. The van der Waals surface area contributed by atoms with Gasteiger partial charge in [-0.05, 0) is 31.6 Å². The van der Waals surface area contributed by atoms with Crippen LogP contribution in [0.25, 0.3) is 0 Å². The average molecular weight is 1240 g/mol. The molecule has 0 fully saturated rings. The minimum Gasteiger partial charge on any atom is -0.462 e. The number of phosphoric ester groups is 2. The van der Waals surface area contributed by atoms with Gasteiger partial charge in [-0.2, -0.15) is 0 Å². The Bertz CT molecular complexity index is 1640. The van der Waals surface area contributed by atoms with Crippen molar-refractivity contribution in [2.45, 2.75) is 348 Å². The first-order valence-electron chi connectivity index (χ1n) is 34.2. The summed E-state index contributed by atoms with van der Waals surface area (Å²) in [4.78, 5) is 72.0. The first-order valence-corrected chi connectivity index (χ1v) is 37.2. The number of rotatable bonds is 65. The fraction of sp³-hybridized carbons (Fsp3) is 0.938.